The highest BCUT2D eigenvalue weighted by molar-refractivity contribution is 9.12. The van der Waals surface area contributed by atoms with Crippen molar-refractivity contribution in [2.24, 2.45) is 64.6 Å². The molecule has 0 saturated carbocycles. The van der Waals surface area contributed by atoms with Crippen LogP contribution in [0.25, 0.3) is 0 Å². The first kappa shape index (κ1) is 80.3. The summed E-state index contributed by atoms with van der Waals surface area (Å²) in [6.45, 7) is 16.8. The van der Waals surface area contributed by atoms with Crippen molar-refractivity contribution >= 4 is 57.6 Å². The summed E-state index contributed by atoms with van der Waals surface area (Å²) in [4.78, 5) is 59.2. The van der Waals surface area contributed by atoms with E-state index < -0.39 is 5.97 Å². The van der Waals surface area contributed by atoms with Crippen LogP contribution in [0, 0.1) is 51.7 Å². The number of nitrogens with zero attached hydrogens (tertiary/aromatic N) is 5. The number of carbonyl (C=O) groups excluding carboxylic acids is 4. The van der Waals surface area contributed by atoms with Crippen molar-refractivity contribution < 1.29 is 57.6 Å². The Bertz CT molecular complexity index is 2440. The molecule has 0 saturated heterocycles. The van der Waals surface area contributed by atoms with Crippen molar-refractivity contribution in [3.63, 3.8) is 0 Å². The highest BCUT2D eigenvalue weighted by Gasteiger charge is 2.24. The number of benzene rings is 3. The lowest BCUT2D eigenvalue weighted by molar-refractivity contribution is -0.148. The number of aromatic nitrogens is 4. The summed E-state index contributed by atoms with van der Waals surface area (Å²) in [7, 11) is 0. The summed E-state index contributed by atoms with van der Waals surface area (Å²) < 4.78 is 25.9. The van der Waals surface area contributed by atoms with Crippen LogP contribution in [-0.2, 0) is 70.8 Å². The summed E-state index contributed by atoms with van der Waals surface area (Å²) >= 11 is 2.45. The number of carboxylic acid groups (broad SMARTS) is 1. The number of Topliss-reactive ketones (excluding diaryl/α,β-unsaturated/α-hetero) is 1. The molecule has 24 heteroatoms. The molecule has 2 aromatic heterocycles. The monoisotopic (exact) mass is 1200 g/mol. The number of ketones is 1. The Hall–Kier alpha value is -7.14. The summed E-state index contributed by atoms with van der Waals surface area (Å²) in [5.41, 5.74) is 24.6. The predicted molar refractivity (Wildman–Crippen MR) is 316 cm³/mol. The summed E-state index contributed by atoms with van der Waals surface area (Å²) in [6, 6.07) is 28.8. The molecule has 81 heavy (non-hydrogen) atoms. The summed E-state index contributed by atoms with van der Waals surface area (Å²) in [6.07, 6.45) is 2.16. The van der Waals surface area contributed by atoms with Gasteiger partial charge >= 0.3 is 35.9 Å². The second-order valence-electron chi connectivity index (χ2n) is 19.1. The minimum absolute atomic E-state index is 0. The standard InChI is InChI=1S/C16H21N3O3.C16H23NO3.C15H20O4.C7H14N4O.CBrN.2CH4.H4N2.H2O/c1-11(2)13(8-14-18-19-16(17)22-14)9-15(20)21-10-12-6-4-3-5-7-12;1-12(2)14(8-15(18)10-17)9-16(19)20-11-13-6-4-3-5-7-13;1-11(2)13(8-14(16)17)9-15(18)19-10-12-6-4-3-5-7-12;1-4(2)5(8)3-6-10-11-7(9)12-6;2-1-3;;;1-2;/h3-7,11,13H,8-10H2,1-2H3,(H2,17,19);3-7,12,14H,8-11,17H2,1-2H3;3-7,11,13H,8-10H2,1-2H3,(H,16,17);4-5H,3,8H2,1-2H3,(H2,9,11);;2*1H4;1-2H2;1H2/t13-;14-;13-;5-;;;;;/m0001...../s1. The fourth-order valence-corrected chi connectivity index (χ4v) is 6.62. The quantitative estimate of drug-likeness (QED) is 0.0126. The lowest BCUT2D eigenvalue weighted by atomic mass is 9.88. The minimum atomic E-state index is -0.880. The number of nitrogens with two attached hydrogens (primary N) is 6. The molecule has 454 valence electrons. The molecular weight excluding hydrogens is 1110 g/mol. The minimum Gasteiger partial charge on any atom is -0.481 e. The molecule has 0 unspecified atom stereocenters. The highest BCUT2D eigenvalue weighted by Crippen LogP contribution is 2.23. The zero-order valence-electron chi connectivity index (χ0n) is 46.7. The van der Waals surface area contributed by atoms with Gasteiger partial charge in [0.2, 0.25) is 11.8 Å². The maximum atomic E-state index is 12.0. The number of hydrogen-bond donors (Lipinski definition) is 7. The van der Waals surface area contributed by atoms with Crippen LogP contribution in [0.2, 0.25) is 0 Å². The van der Waals surface area contributed by atoms with Crippen molar-refractivity contribution in [1.29, 1.82) is 5.26 Å². The van der Waals surface area contributed by atoms with E-state index in [0.717, 1.165) is 16.7 Å². The molecule has 0 bridgehead atoms. The Morgan fingerprint density at radius 2 is 0.864 bits per heavy atom. The van der Waals surface area contributed by atoms with E-state index in [2.05, 4.69) is 61.9 Å². The fourth-order valence-electron chi connectivity index (χ4n) is 6.62. The van der Waals surface area contributed by atoms with E-state index in [1.54, 1.807) is 4.98 Å². The van der Waals surface area contributed by atoms with Crippen molar-refractivity contribution in [1.82, 2.24) is 20.4 Å². The van der Waals surface area contributed by atoms with Crippen molar-refractivity contribution in [3.8, 4) is 4.98 Å². The molecule has 0 radical (unpaired) electrons. The van der Waals surface area contributed by atoms with E-state index in [9.17, 15) is 24.0 Å². The van der Waals surface area contributed by atoms with Crippen molar-refractivity contribution in [2.45, 2.75) is 141 Å². The molecular formula is C57H92BrN11O12. The van der Waals surface area contributed by atoms with Gasteiger partial charge in [-0.1, -0.05) is 171 Å². The Morgan fingerprint density at radius 1 is 0.556 bits per heavy atom. The number of rotatable bonds is 25. The van der Waals surface area contributed by atoms with Crippen LogP contribution in [0.4, 0.5) is 12.0 Å². The lowest BCUT2D eigenvalue weighted by Gasteiger charge is -2.19. The molecule has 2 heterocycles. The average molecular weight is 1200 g/mol. The second-order valence-corrected chi connectivity index (χ2v) is 19.4. The first-order valence-electron chi connectivity index (χ1n) is 25.3. The van der Waals surface area contributed by atoms with Gasteiger partial charge in [-0.2, -0.15) is 5.26 Å². The van der Waals surface area contributed by atoms with Gasteiger partial charge in [-0.3, -0.25) is 35.7 Å². The van der Waals surface area contributed by atoms with Crippen LogP contribution in [0.5, 0.6) is 0 Å². The number of hydrogen-bond acceptors (Lipinski definition) is 21. The number of carbonyl (C=O) groups is 5. The number of esters is 3. The zero-order valence-corrected chi connectivity index (χ0v) is 48.3. The second kappa shape index (κ2) is 47.6. The van der Waals surface area contributed by atoms with Gasteiger partial charge < -0.3 is 56.6 Å². The van der Waals surface area contributed by atoms with Gasteiger partial charge in [0, 0.05) is 66.9 Å². The third-order valence-corrected chi connectivity index (χ3v) is 11.7. The van der Waals surface area contributed by atoms with Crippen molar-refractivity contribution in [3.05, 3.63) is 119 Å². The van der Waals surface area contributed by atoms with E-state index in [4.69, 9.17) is 56.3 Å². The van der Waals surface area contributed by atoms with Gasteiger partial charge in [0.1, 0.15) is 30.6 Å². The van der Waals surface area contributed by atoms with Gasteiger partial charge in [0.15, 0.2) is 0 Å². The molecule has 23 nitrogen and oxygen atoms in total. The molecule has 4 atom stereocenters. The molecule has 0 aliphatic rings. The first-order valence-corrected chi connectivity index (χ1v) is 26.1. The molecule has 15 N–H and O–H groups in total. The maximum Gasteiger partial charge on any atom is 0.312 e. The number of hydrazine groups is 1. The topological polar surface area (TPSA) is 423 Å². The van der Waals surface area contributed by atoms with Crippen molar-refractivity contribution in [2.75, 3.05) is 18.0 Å². The van der Waals surface area contributed by atoms with Gasteiger partial charge in [0.25, 0.3) is 0 Å². The highest BCUT2D eigenvalue weighted by atomic mass is 79.9. The molecule has 0 aliphatic heterocycles. The smallest absolute Gasteiger partial charge is 0.312 e. The third-order valence-electron chi connectivity index (χ3n) is 11.7. The molecule has 5 rings (SSSR count). The van der Waals surface area contributed by atoms with Gasteiger partial charge in [-0.15, -0.1) is 10.2 Å². The predicted octanol–water partition coefficient (Wildman–Crippen LogP) is 8.08. The number of carboxylic acids is 1. The van der Waals surface area contributed by atoms with Crippen LogP contribution in [0.15, 0.2) is 99.8 Å². The number of halogens is 1. The van der Waals surface area contributed by atoms with E-state index in [-0.39, 0.29) is 143 Å². The molecule has 3 aromatic carbocycles. The average Bonchev–Trinajstić information content (AvgIpc) is 4.03. The normalized spacial score (nSPS) is 11.4. The zero-order chi connectivity index (χ0) is 59.0. The summed E-state index contributed by atoms with van der Waals surface area (Å²) in [5.74, 6) is 8.19. The SMILES string of the molecule is C.C.CC(C)[C@@H](CC(=O)CN)CC(=O)OCc1ccccc1.CC(C)[C@@H](CC(=O)O)CC(=O)OCc1ccccc1.CC(C)[C@H](CC(=O)OCc1ccccc1)Cc1nnc(N)o1.CC(C)[C@H](N)Cc1nnc(N)o1.N#CBr.NN.O. The molecule has 0 amide bonds. The Kier molecular flexibility index (Phi) is 47.3. The maximum absolute atomic E-state index is 12.0. The Balaban J connectivity index is -0.000000476. The third kappa shape index (κ3) is 39.8. The van der Waals surface area contributed by atoms with E-state index in [1.165, 1.54) is 0 Å². The largest absolute Gasteiger partial charge is 0.481 e. The fraction of sp³-hybridized carbons (Fsp3) is 0.509. The van der Waals surface area contributed by atoms with Gasteiger partial charge in [-0.25, -0.2) is 0 Å². The molecule has 0 spiro atoms. The number of nitriles is 1. The number of nitrogen functional groups attached to an aromatic ring is 2. The Morgan fingerprint density at radius 3 is 1.14 bits per heavy atom. The van der Waals surface area contributed by atoms with E-state index >= 15 is 0 Å². The molecule has 5 aromatic rings. The van der Waals surface area contributed by atoms with Crippen LogP contribution < -0.4 is 34.6 Å². The first-order chi connectivity index (χ1) is 37.1. The van der Waals surface area contributed by atoms with Gasteiger partial charge in [-0.05, 0) is 58.1 Å². The van der Waals surface area contributed by atoms with Crippen LogP contribution in [0.1, 0.15) is 131 Å². The number of ether oxygens (including phenoxy) is 3. The Labute approximate surface area is 487 Å². The van der Waals surface area contributed by atoms with Crippen LogP contribution >= 0.6 is 15.9 Å². The van der Waals surface area contributed by atoms with Crippen LogP contribution in [0.3, 0.4) is 0 Å². The number of anilines is 2. The van der Waals surface area contributed by atoms with E-state index in [0.29, 0.717) is 43.4 Å². The van der Waals surface area contributed by atoms with Gasteiger partial charge in [0.05, 0.1) is 6.54 Å². The molecule has 0 fully saturated rings. The molecule has 0 aliphatic carbocycles. The lowest BCUT2D eigenvalue weighted by Crippen LogP contribution is -2.28. The van der Waals surface area contributed by atoms with Crippen LogP contribution in [-0.4, -0.2) is 73.2 Å². The number of aliphatic carboxylic acids is 1. The van der Waals surface area contributed by atoms with E-state index in [1.807, 2.05) is 133 Å². The summed E-state index contributed by atoms with van der Waals surface area (Å²) in [5, 5.41) is 30.8.